The normalized spacial score (nSPS) is 10.8. The van der Waals surface area contributed by atoms with Crippen molar-refractivity contribution >= 4 is 28.5 Å². The monoisotopic (exact) mass is 368 g/mol. The van der Waals surface area contributed by atoms with E-state index in [-0.39, 0.29) is 19.0 Å². The predicted octanol–water partition coefficient (Wildman–Crippen LogP) is 3.71. The maximum atomic E-state index is 12.6. The molecule has 3 aromatic rings. The number of anilines is 1. The molecule has 7 heteroatoms. The van der Waals surface area contributed by atoms with E-state index in [1.54, 1.807) is 50.4 Å². The molecule has 2 aromatic heterocycles. The maximum Gasteiger partial charge on any atom is 0.338 e. The van der Waals surface area contributed by atoms with E-state index < -0.39 is 11.9 Å². The third-order valence-electron chi connectivity index (χ3n) is 3.87. The Labute approximate surface area is 156 Å². The molecule has 3 rings (SSSR count). The zero-order valence-electron chi connectivity index (χ0n) is 15.4. The predicted molar refractivity (Wildman–Crippen MR) is 99.8 cm³/mol. The molecule has 27 heavy (non-hydrogen) atoms. The van der Waals surface area contributed by atoms with Crippen molar-refractivity contribution in [2.75, 3.05) is 19.0 Å². The van der Waals surface area contributed by atoms with Gasteiger partial charge in [-0.3, -0.25) is 9.78 Å². The molecule has 0 unspecified atom stereocenters. The Bertz CT molecular complexity index is 993. The fourth-order valence-electron chi connectivity index (χ4n) is 2.71. The average Bonchev–Trinajstić information content (AvgIpc) is 3.10. The number of esters is 1. The summed E-state index contributed by atoms with van der Waals surface area (Å²) >= 11 is 0. The number of benzene rings is 1. The van der Waals surface area contributed by atoms with Gasteiger partial charge in [0.25, 0.3) is 5.91 Å². The number of carbonyl (C=O) groups excluding carboxylic acids is 2. The number of amides is 1. The molecule has 0 radical (unpaired) electrons. The molecule has 0 aliphatic carbocycles. The summed E-state index contributed by atoms with van der Waals surface area (Å²) in [6, 6.07) is 10.1. The van der Waals surface area contributed by atoms with Crippen molar-refractivity contribution in [1.82, 2.24) is 4.98 Å². The lowest BCUT2D eigenvalue weighted by atomic mass is 10.1. The van der Waals surface area contributed by atoms with Crippen LogP contribution in [0.4, 0.5) is 5.69 Å². The van der Waals surface area contributed by atoms with Crippen LogP contribution in [0.25, 0.3) is 10.9 Å². The van der Waals surface area contributed by atoms with Crippen LogP contribution in [0.2, 0.25) is 0 Å². The van der Waals surface area contributed by atoms with E-state index in [4.69, 9.17) is 13.9 Å². The number of furan rings is 1. The number of hydrogen-bond acceptors (Lipinski definition) is 6. The number of aromatic nitrogens is 1. The number of nitrogens with zero attached hydrogens (tertiary/aromatic N) is 1. The Morgan fingerprint density at radius 3 is 2.74 bits per heavy atom. The first-order valence-corrected chi connectivity index (χ1v) is 8.49. The van der Waals surface area contributed by atoms with Gasteiger partial charge in [0, 0.05) is 18.2 Å². The third-order valence-corrected chi connectivity index (χ3v) is 3.87. The van der Waals surface area contributed by atoms with Gasteiger partial charge in [0.05, 0.1) is 23.4 Å². The highest BCUT2D eigenvalue weighted by Crippen LogP contribution is 2.25. The van der Waals surface area contributed by atoms with Gasteiger partial charge >= 0.3 is 5.97 Å². The fraction of sp³-hybridized carbons (Fsp3) is 0.250. The van der Waals surface area contributed by atoms with Crippen molar-refractivity contribution in [2.24, 2.45) is 0 Å². The summed E-state index contributed by atoms with van der Waals surface area (Å²) in [5.74, 6) is -0.0903. The minimum Gasteiger partial charge on any atom is -0.462 e. The molecule has 2 heterocycles. The number of fused-ring (bicyclic) bond motifs is 1. The molecule has 1 N–H and O–H groups in total. The van der Waals surface area contributed by atoms with Gasteiger partial charge in [-0.25, -0.2) is 4.79 Å². The summed E-state index contributed by atoms with van der Waals surface area (Å²) in [5.41, 5.74) is 2.34. The van der Waals surface area contributed by atoms with Crippen LogP contribution in [-0.2, 0) is 16.1 Å². The van der Waals surface area contributed by atoms with Crippen LogP contribution in [0.1, 0.15) is 39.3 Å². The van der Waals surface area contributed by atoms with Crippen molar-refractivity contribution in [2.45, 2.75) is 20.5 Å². The highest BCUT2D eigenvalue weighted by Gasteiger charge is 2.15. The summed E-state index contributed by atoms with van der Waals surface area (Å²) in [7, 11) is 1.55. The van der Waals surface area contributed by atoms with Crippen LogP contribution >= 0.6 is 0 Å². The second kappa shape index (κ2) is 8.01. The number of methoxy groups -OCH3 is 1. The summed E-state index contributed by atoms with van der Waals surface area (Å²) in [6.07, 6.45) is 0. The Morgan fingerprint density at radius 2 is 2.00 bits per heavy atom. The first-order valence-electron chi connectivity index (χ1n) is 8.49. The van der Waals surface area contributed by atoms with Crippen LogP contribution in [0, 0.1) is 6.92 Å². The topological polar surface area (TPSA) is 90.7 Å². The molecule has 0 spiro atoms. The van der Waals surface area contributed by atoms with Gasteiger partial charge in [-0.1, -0.05) is 0 Å². The number of nitrogens with one attached hydrogen (secondary N) is 1. The maximum absolute atomic E-state index is 12.6. The van der Waals surface area contributed by atoms with E-state index in [1.807, 2.05) is 6.92 Å². The Balaban J connectivity index is 1.95. The third kappa shape index (κ3) is 4.15. The van der Waals surface area contributed by atoms with Crippen LogP contribution in [-0.4, -0.2) is 30.6 Å². The molecule has 0 bridgehead atoms. The molecule has 7 nitrogen and oxygen atoms in total. The Kier molecular flexibility index (Phi) is 5.52. The zero-order chi connectivity index (χ0) is 19.4. The fourth-order valence-corrected chi connectivity index (χ4v) is 2.71. The molecule has 140 valence electrons. The number of hydrogen-bond donors (Lipinski definition) is 1. The lowest BCUT2D eigenvalue weighted by molar-refractivity contribution is 0.0526. The smallest absolute Gasteiger partial charge is 0.338 e. The van der Waals surface area contributed by atoms with E-state index in [0.717, 1.165) is 5.69 Å². The quantitative estimate of drug-likeness (QED) is 0.667. The van der Waals surface area contributed by atoms with Crippen LogP contribution in [0.5, 0.6) is 0 Å². The van der Waals surface area contributed by atoms with E-state index >= 15 is 0 Å². The van der Waals surface area contributed by atoms with E-state index in [2.05, 4.69) is 10.3 Å². The van der Waals surface area contributed by atoms with Crippen LogP contribution < -0.4 is 5.32 Å². The molecule has 0 saturated heterocycles. The largest absolute Gasteiger partial charge is 0.462 e. The molecule has 0 fully saturated rings. The van der Waals surface area contributed by atoms with Gasteiger partial charge in [0.1, 0.15) is 12.4 Å². The highest BCUT2D eigenvalue weighted by molar-refractivity contribution is 6.08. The SMILES string of the molecule is CCOC(=O)c1ccc2nc(C)cc(NC(=O)c3ccc(COC)o3)c2c1. The molecule has 1 amide bonds. The van der Waals surface area contributed by atoms with Crippen molar-refractivity contribution in [3.05, 3.63) is 59.2 Å². The number of ether oxygens (including phenoxy) is 2. The molecule has 0 atom stereocenters. The molecule has 0 aliphatic heterocycles. The van der Waals surface area contributed by atoms with E-state index in [1.165, 1.54) is 0 Å². The second-order valence-corrected chi connectivity index (χ2v) is 5.92. The molecule has 0 saturated carbocycles. The van der Waals surface area contributed by atoms with E-state index in [0.29, 0.717) is 27.9 Å². The number of pyridine rings is 1. The minimum atomic E-state index is -0.424. The standard InChI is InChI=1S/C20H20N2O5/c1-4-26-20(24)13-5-7-16-15(10-13)17(9-12(2)21-16)22-19(23)18-8-6-14(27-18)11-25-3/h5-10H,4,11H2,1-3H3,(H,21,22,23). The van der Waals surface area contributed by atoms with Gasteiger partial charge in [0.2, 0.25) is 0 Å². The lowest BCUT2D eigenvalue weighted by Gasteiger charge is -2.10. The van der Waals surface area contributed by atoms with Gasteiger partial charge in [-0.2, -0.15) is 0 Å². The van der Waals surface area contributed by atoms with Crippen LogP contribution in [0.3, 0.4) is 0 Å². The van der Waals surface area contributed by atoms with Crippen molar-refractivity contribution < 1.29 is 23.5 Å². The van der Waals surface area contributed by atoms with Gasteiger partial charge < -0.3 is 19.2 Å². The zero-order valence-corrected chi connectivity index (χ0v) is 15.4. The number of rotatable bonds is 6. The van der Waals surface area contributed by atoms with Gasteiger partial charge in [0.15, 0.2) is 5.76 Å². The number of aryl methyl sites for hydroxylation is 1. The van der Waals surface area contributed by atoms with Gasteiger partial charge in [-0.15, -0.1) is 0 Å². The summed E-state index contributed by atoms with van der Waals surface area (Å²) < 4.78 is 15.5. The van der Waals surface area contributed by atoms with Crippen LogP contribution in [0.15, 0.2) is 40.8 Å². The summed E-state index contributed by atoms with van der Waals surface area (Å²) in [6.45, 7) is 4.15. The number of carbonyl (C=O) groups is 2. The Morgan fingerprint density at radius 1 is 1.19 bits per heavy atom. The summed E-state index contributed by atoms with van der Waals surface area (Å²) in [4.78, 5) is 29.0. The highest BCUT2D eigenvalue weighted by atomic mass is 16.5. The molecule has 1 aromatic carbocycles. The minimum absolute atomic E-state index is 0.172. The van der Waals surface area contributed by atoms with Crippen molar-refractivity contribution in [1.29, 1.82) is 0 Å². The Hall–Kier alpha value is -3.19. The summed E-state index contributed by atoms with van der Waals surface area (Å²) in [5, 5.41) is 3.47. The first kappa shape index (κ1) is 18.6. The van der Waals surface area contributed by atoms with Gasteiger partial charge in [-0.05, 0) is 50.2 Å². The molecular weight excluding hydrogens is 348 g/mol. The van der Waals surface area contributed by atoms with E-state index in [9.17, 15) is 9.59 Å². The molecule has 0 aliphatic rings. The van der Waals surface area contributed by atoms with Crippen molar-refractivity contribution in [3.8, 4) is 0 Å². The second-order valence-electron chi connectivity index (χ2n) is 5.92. The lowest BCUT2D eigenvalue weighted by Crippen LogP contribution is -2.12. The molecular formula is C20H20N2O5. The van der Waals surface area contributed by atoms with Crippen molar-refractivity contribution in [3.63, 3.8) is 0 Å². The first-order chi connectivity index (χ1) is 13.0. The average molecular weight is 368 g/mol.